The first-order valence-electron chi connectivity index (χ1n) is 9.30. The number of hydrogen-bond donors (Lipinski definition) is 0. The summed E-state index contributed by atoms with van der Waals surface area (Å²) in [6.45, 7) is 0.659. The van der Waals surface area contributed by atoms with E-state index in [1.54, 1.807) is 5.01 Å². The molecule has 0 bridgehead atoms. The normalized spacial score (nSPS) is 19.7. The third-order valence-corrected chi connectivity index (χ3v) is 5.99. The zero-order chi connectivity index (χ0) is 17.5. The van der Waals surface area contributed by atoms with Crippen LogP contribution in [0, 0.1) is 0 Å². The van der Waals surface area contributed by atoms with Crippen molar-refractivity contribution < 1.29 is 4.79 Å². The molecule has 2 aliphatic carbocycles. The van der Waals surface area contributed by atoms with Gasteiger partial charge in [0.15, 0.2) is 5.16 Å². The summed E-state index contributed by atoms with van der Waals surface area (Å²) in [6, 6.07) is 10.6. The summed E-state index contributed by atoms with van der Waals surface area (Å²) in [7, 11) is 0. The molecule has 2 saturated carbocycles. The van der Waals surface area contributed by atoms with Crippen LogP contribution in [0.2, 0.25) is 0 Å². The first-order valence-corrected chi connectivity index (χ1v) is 10.3. The van der Waals surface area contributed by atoms with Crippen LogP contribution in [-0.2, 0) is 4.79 Å². The summed E-state index contributed by atoms with van der Waals surface area (Å²) in [5.41, 5.74) is 2.08. The number of amides is 1. The van der Waals surface area contributed by atoms with Gasteiger partial charge in [-0.05, 0) is 31.2 Å². The zero-order valence-electron chi connectivity index (χ0n) is 14.5. The molecule has 0 saturated heterocycles. The van der Waals surface area contributed by atoms with E-state index in [4.69, 9.17) is 0 Å². The second-order valence-electron chi connectivity index (χ2n) is 7.18. The lowest BCUT2D eigenvalue weighted by atomic mass is 10.1. The van der Waals surface area contributed by atoms with Gasteiger partial charge in [-0.15, -0.1) is 10.2 Å². The second-order valence-corrected chi connectivity index (χ2v) is 8.13. The predicted molar refractivity (Wildman–Crippen MR) is 100 cm³/mol. The molecule has 2 heterocycles. The third kappa shape index (κ3) is 3.16. The monoisotopic (exact) mass is 367 g/mol. The number of benzene rings is 1. The van der Waals surface area contributed by atoms with Gasteiger partial charge < -0.3 is 4.57 Å². The summed E-state index contributed by atoms with van der Waals surface area (Å²) in [4.78, 5) is 12.6. The highest BCUT2D eigenvalue weighted by Crippen LogP contribution is 2.46. The van der Waals surface area contributed by atoms with Gasteiger partial charge in [0.2, 0.25) is 0 Å². The van der Waals surface area contributed by atoms with Gasteiger partial charge in [0.1, 0.15) is 5.82 Å². The molecule has 0 atom stereocenters. The largest absolute Gasteiger partial charge is 0.303 e. The van der Waals surface area contributed by atoms with Crippen molar-refractivity contribution in [2.24, 2.45) is 5.10 Å². The summed E-state index contributed by atoms with van der Waals surface area (Å²) in [5.74, 6) is 2.12. The van der Waals surface area contributed by atoms with Gasteiger partial charge in [0.05, 0.1) is 18.0 Å². The molecule has 7 heteroatoms. The Kier molecular flexibility index (Phi) is 4.04. The molecule has 134 valence electrons. The summed E-state index contributed by atoms with van der Waals surface area (Å²) in [6.07, 6.45) is 5.66. The van der Waals surface area contributed by atoms with Gasteiger partial charge in [-0.3, -0.25) is 4.79 Å². The zero-order valence-corrected chi connectivity index (χ0v) is 15.4. The minimum atomic E-state index is 0.0410. The predicted octanol–water partition coefficient (Wildman–Crippen LogP) is 3.22. The van der Waals surface area contributed by atoms with E-state index < -0.39 is 0 Å². The molecule has 2 aromatic rings. The highest BCUT2D eigenvalue weighted by Gasteiger charge is 2.36. The highest BCUT2D eigenvalue weighted by atomic mass is 32.2. The van der Waals surface area contributed by atoms with Crippen LogP contribution in [0.4, 0.5) is 0 Å². The van der Waals surface area contributed by atoms with E-state index in [-0.39, 0.29) is 5.91 Å². The van der Waals surface area contributed by atoms with Crippen molar-refractivity contribution >= 4 is 23.4 Å². The van der Waals surface area contributed by atoms with Crippen LogP contribution < -0.4 is 0 Å². The Labute approximate surface area is 156 Å². The smallest absolute Gasteiger partial charge is 0.253 e. The van der Waals surface area contributed by atoms with Crippen molar-refractivity contribution in [3.8, 4) is 0 Å². The summed E-state index contributed by atoms with van der Waals surface area (Å²) in [5, 5.41) is 15.8. The van der Waals surface area contributed by atoms with Gasteiger partial charge in [-0.25, -0.2) is 5.01 Å². The van der Waals surface area contributed by atoms with Gasteiger partial charge in [0.25, 0.3) is 5.91 Å². The van der Waals surface area contributed by atoms with E-state index in [0.29, 0.717) is 24.3 Å². The molecule has 5 rings (SSSR count). The number of hydrazone groups is 1. The summed E-state index contributed by atoms with van der Waals surface area (Å²) >= 11 is 1.50. The quantitative estimate of drug-likeness (QED) is 0.736. The SMILES string of the molecule is O=C(CSc1nnc(C2CC2)n1C1CC1)N1CCC(c2ccccc2)=N1. The summed E-state index contributed by atoms with van der Waals surface area (Å²) < 4.78 is 2.29. The van der Waals surface area contributed by atoms with Crippen LogP contribution in [-0.4, -0.2) is 43.7 Å². The van der Waals surface area contributed by atoms with Crippen LogP contribution in [0.5, 0.6) is 0 Å². The molecule has 26 heavy (non-hydrogen) atoms. The Bertz CT molecular complexity index is 854. The fourth-order valence-electron chi connectivity index (χ4n) is 3.35. The van der Waals surface area contributed by atoms with Gasteiger partial charge in [-0.1, -0.05) is 42.1 Å². The number of nitrogens with zero attached hydrogens (tertiary/aromatic N) is 5. The fourth-order valence-corrected chi connectivity index (χ4v) is 4.24. The lowest BCUT2D eigenvalue weighted by Gasteiger charge is -2.11. The Balaban J connectivity index is 1.25. The van der Waals surface area contributed by atoms with E-state index in [2.05, 4.69) is 19.9 Å². The second kappa shape index (κ2) is 6.54. The maximum absolute atomic E-state index is 12.6. The Morgan fingerprint density at radius 3 is 2.65 bits per heavy atom. The van der Waals surface area contributed by atoms with Crippen LogP contribution in [0.3, 0.4) is 0 Å². The van der Waals surface area contributed by atoms with E-state index in [1.165, 1.54) is 37.4 Å². The molecule has 0 unspecified atom stereocenters. The molecule has 0 radical (unpaired) electrons. The van der Waals surface area contributed by atoms with Crippen molar-refractivity contribution in [2.75, 3.05) is 12.3 Å². The van der Waals surface area contributed by atoms with Crippen LogP contribution >= 0.6 is 11.8 Å². The fraction of sp³-hybridized carbons (Fsp3) is 0.474. The highest BCUT2D eigenvalue weighted by molar-refractivity contribution is 7.99. The molecule has 0 spiro atoms. The minimum Gasteiger partial charge on any atom is -0.303 e. The molecule has 1 aromatic carbocycles. The van der Waals surface area contributed by atoms with E-state index in [1.807, 2.05) is 30.3 Å². The molecule has 3 aliphatic rings. The molecule has 0 N–H and O–H groups in total. The first kappa shape index (κ1) is 16.1. The topological polar surface area (TPSA) is 63.4 Å². The standard InChI is InChI=1S/C19H21N5OS/c25-17(23-11-10-16(22-23)13-4-2-1-3-5-13)12-26-19-21-20-18(14-6-7-14)24(19)15-8-9-15/h1-5,14-15H,6-12H2. The van der Waals surface area contributed by atoms with Crippen LogP contribution in [0.15, 0.2) is 40.6 Å². The molecular weight excluding hydrogens is 346 g/mol. The Morgan fingerprint density at radius 2 is 1.92 bits per heavy atom. The van der Waals surface area contributed by atoms with E-state index >= 15 is 0 Å². The molecular formula is C19H21N5OS. The molecule has 1 aliphatic heterocycles. The lowest BCUT2D eigenvalue weighted by molar-refractivity contribution is -0.127. The van der Waals surface area contributed by atoms with Gasteiger partial charge in [-0.2, -0.15) is 5.10 Å². The maximum Gasteiger partial charge on any atom is 0.253 e. The van der Waals surface area contributed by atoms with E-state index in [0.717, 1.165) is 28.7 Å². The van der Waals surface area contributed by atoms with Crippen LogP contribution in [0.25, 0.3) is 0 Å². The number of carbonyl (C=O) groups is 1. The van der Waals surface area contributed by atoms with Gasteiger partial charge >= 0.3 is 0 Å². The number of thioether (sulfide) groups is 1. The van der Waals surface area contributed by atoms with Crippen molar-refractivity contribution in [3.05, 3.63) is 41.7 Å². The lowest BCUT2D eigenvalue weighted by Crippen LogP contribution is -2.25. The Morgan fingerprint density at radius 1 is 1.12 bits per heavy atom. The van der Waals surface area contributed by atoms with Crippen molar-refractivity contribution in [2.45, 2.75) is 49.2 Å². The molecule has 1 aromatic heterocycles. The third-order valence-electron chi connectivity index (χ3n) is 5.07. The number of hydrogen-bond acceptors (Lipinski definition) is 5. The molecule has 2 fully saturated rings. The average Bonchev–Trinajstić information content (AvgIpc) is 3.61. The van der Waals surface area contributed by atoms with Crippen molar-refractivity contribution in [1.29, 1.82) is 0 Å². The number of aromatic nitrogens is 3. The minimum absolute atomic E-state index is 0.0410. The number of rotatable bonds is 6. The van der Waals surface area contributed by atoms with Gasteiger partial charge in [0, 0.05) is 18.4 Å². The van der Waals surface area contributed by atoms with Crippen molar-refractivity contribution in [3.63, 3.8) is 0 Å². The molecule has 1 amide bonds. The van der Waals surface area contributed by atoms with E-state index in [9.17, 15) is 4.79 Å². The average molecular weight is 367 g/mol. The maximum atomic E-state index is 12.6. The number of carbonyl (C=O) groups excluding carboxylic acids is 1. The first-order chi connectivity index (χ1) is 12.8. The van der Waals surface area contributed by atoms with Crippen molar-refractivity contribution in [1.82, 2.24) is 19.8 Å². The molecule has 6 nitrogen and oxygen atoms in total. The Hall–Kier alpha value is -2.15. The van der Waals surface area contributed by atoms with Crippen LogP contribution in [0.1, 0.15) is 55.5 Å².